The summed E-state index contributed by atoms with van der Waals surface area (Å²) in [5, 5.41) is 81.0. The summed E-state index contributed by atoms with van der Waals surface area (Å²) in [6.07, 6.45) is 5.94. The Balaban J connectivity index is -0.000000262. The standard InChI is InChI=1S/C18H16.C8H18O2.C3H8O2.3C2H6O2/c1-2-6-10-14-18-16-12-8-4-3-7-11-15-17(18)13-9-5-1;9-7-5-3-1-2-4-6-8-10;1-3(5)2-4;3*3-1-2-4/h1-16H;9-10H,1-8H2;3-5H,2H2,1H3;3*3-4H,1-2H2. The minimum absolute atomic E-state index is 0.125. The van der Waals surface area contributed by atoms with Crippen molar-refractivity contribution in [3.8, 4) is 0 Å². The third-order valence-corrected chi connectivity index (χ3v) is 4.68. The van der Waals surface area contributed by atoms with Gasteiger partial charge in [0, 0.05) is 13.2 Å². The van der Waals surface area contributed by atoms with Crippen LogP contribution in [0.1, 0.15) is 45.4 Å². The maximum Gasteiger partial charge on any atom is 0.0742 e. The van der Waals surface area contributed by atoms with E-state index in [4.69, 9.17) is 51.1 Å². The molecule has 2 aromatic rings. The molecule has 10 heteroatoms. The molecule has 45 heavy (non-hydrogen) atoms. The Labute approximate surface area is 269 Å². The van der Waals surface area contributed by atoms with Crippen LogP contribution < -0.4 is 0 Å². The second kappa shape index (κ2) is 48.2. The molecule has 0 fully saturated rings. The van der Waals surface area contributed by atoms with Crippen molar-refractivity contribution in [2.75, 3.05) is 59.5 Å². The van der Waals surface area contributed by atoms with Gasteiger partial charge in [-0.2, -0.15) is 0 Å². The van der Waals surface area contributed by atoms with Gasteiger partial charge in [0.25, 0.3) is 0 Å². The zero-order valence-corrected chi connectivity index (χ0v) is 26.9. The first-order chi connectivity index (χ1) is 21.9. The molecular weight excluding hydrogens is 580 g/mol. The van der Waals surface area contributed by atoms with E-state index in [1.54, 1.807) is 0 Å². The Hall–Kier alpha value is -2.74. The summed E-state index contributed by atoms with van der Waals surface area (Å²) in [6.45, 7) is 1.28. The Bertz CT molecular complexity index is 782. The largest absolute Gasteiger partial charge is 0.396 e. The van der Waals surface area contributed by atoms with Crippen molar-refractivity contribution in [3.05, 3.63) is 97.1 Å². The molecule has 0 aliphatic heterocycles. The molecule has 0 heterocycles. The van der Waals surface area contributed by atoms with Crippen molar-refractivity contribution in [2.45, 2.75) is 51.6 Å². The first-order valence-electron chi connectivity index (χ1n) is 15.2. The number of hydrogen-bond acceptors (Lipinski definition) is 10. The van der Waals surface area contributed by atoms with E-state index in [-0.39, 0.29) is 46.2 Å². The molecule has 0 amide bonds. The predicted molar refractivity (Wildman–Crippen MR) is 182 cm³/mol. The Morgan fingerprint density at radius 2 is 0.556 bits per heavy atom. The Morgan fingerprint density at radius 3 is 0.733 bits per heavy atom. The quantitative estimate of drug-likeness (QED) is 0.163. The van der Waals surface area contributed by atoms with Gasteiger partial charge in [-0.15, -0.1) is 0 Å². The highest BCUT2D eigenvalue weighted by molar-refractivity contribution is 5.79. The molecule has 260 valence electrons. The van der Waals surface area contributed by atoms with E-state index >= 15 is 0 Å². The van der Waals surface area contributed by atoms with E-state index in [0.29, 0.717) is 13.2 Å². The van der Waals surface area contributed by atoms with Crippen molar-refractivity contribution < 1.29 is 51.1 Å². The number of hydrogen-bond donors (Lipinski definition) is 10. The lowest BCUT2D eigenvalue weighted by molar-refractivity contribution is 0.110. The molecule has 2 aromatic carbocycles. The molecule has 0 bridgehead atoms. The SMILES string of the molecule is CC(O)CO.OCCCCCCCCO.OCCO.OCCO.OCCO.c1ccccc2ccccccccc2ccc1. The van der Waals surface area contributed by atoms with Crippen LogP contribution in [0.25, 0.3) is 10.8 Å². The van der Waals surface area contributed by atoms with Crippen molar-refractivity contribution in [2.24, 2.45) is 0 Å². The Kier molecular flexibility index (Phi) is 52.6. The maximum absolute atomic E-state index is 8.43. The highest BCUT2D eigenvalue weighted by atomic mass is 16.3. The van der Waals surface area contributed by atoms with Gasteiger partial charge < -0.3 is 51.1 Å². The van der Waals surface area contributed by atoms with Crippen LogP contribution in [0.5, 0.6) is 0 Å². The highest BCUT2D eigenvalue weighted by Gasteiger charge is 1.88. The topological polar surface area (TPSA) is 202 Å². The van der Waals surface area contributed by atoms with Gasteiger partial charge in [0.1, 0.15) is 0 Å². The Morgan fingerprint density at radius 1 is 0.356 bits per heavy atom. The van der Waals surface area contributed by atoms with Crippen molar-refractivity contribution in [1.29, 1.82) is 0 Å². The third kappa shape index (κ3) is 51.2. The summed E-state index contributed by atoms with van der Waals surface area (Å²) >= 11 is 0. The lowest BCUT2D eigenvalue weighted by Crippen LogP contribution is -2.03. The summed E-state index contributed by atoms with van der Waals surface area (Å²) in [6, 6.07) is 32.9. The minimum atomic E-state index is -0.560. The van der Waals surface area contributed by atoms with Gasteiger partial charge >= 0.3 is 0 Å². The monoisotopic (exact) mass is 640 g/mol. The smallest absolute Gasteiger partial charge is 0.0742 e. The van der Waals surface area contributed by atoms with Crippen molar-refractivity contribution >= 4 is 10.8 Å². The normalized spacial score (nSPS) is 9.58. The lowest BCUT2D eigenvalue weighted by atomic mass is 10.1. The van der Waals surface area contributed by atoms with Crippen LogP contribution in [0.2, 0.25) is 0 Å². The van der Waals surface area contributed by atoms with E-state index in [1.807, 2.05) is 48.5 Å². The van der Waals surface area contributed by atoms with E-state index in [2.05, 4.69) is 48.5 Å². The second-order valence-corrected chi connectivity index (χ2v) is 8.83. The molecule has 1 unspecified atom stereocenters. The molecule has 0 saturated heterocycles. The fourth-order valence-corrected chi connectivity index (χ4v) is 2.58. The van der Waals surface area contributed by atoms with Gasteiger partial charge in [-0.1, -0.05) is 123 Å². The predicted octanol–water partition coefficient (Wildman–Crippen LogP) is 2.67. The fourth-order valence-electron chi connectivity index (χ4n) is 2.58. The molecule has 0 aliphatic carbocycles. The van der Waals surface area contributed by atoms with Crippen LogP contribution in [-0.4, -0.2) is 117 Å². The summed E-state index contributed by atoms with van der Waals surface area (Å²) in [5.74, 6) is 0. The fraction of sp³-hybridized carbons (Fsp3) is 0.486. The molecule has 0 radical (unpaired) electrons. The number of rotatable bonds is 11. The van der Waals surface area contributed by atoms with Gasteiger partial charge in [-0.3, -0.25) is 0 Å². The average molecular weight is 641 g/mol. The summed E-state index contributed by atoms with van der Waals surface area (Å²) in [5.41, 5.74) is 0. The highest BCUT2D eigenvalue weighted by Crippen LogP contribution is 2.07. The minimum Gasteiger partial charge on any atom is -0.396 e. The molecule has 0 spiro atoms. The number of aliphatic hydroxyl groups excluding tert-OH is 10. The zero-order chi connectivity index (χ0) is 34.7. The first kappa shape index (κ1) is 49.1. The summed E-state index contributed by atoms with van der Waals surface area (Å²) in [4.78, 5) is 0. The van der Waals surface area contributed by atoms with Gasteiger partial charge in [-0.05, 0) is 30.5 Å². The van der Waals surface area contributed by atoms with E-state index < -0.39 is 6.10 Å². The van der Waals surface area contributed by atoms with Crippen LogP contribution in [0, 0.1) is 0 Å². The van der Waals surface area contributed by atoms with Gasteiger partial charge in [0.05, 0.1) is 52.4 Å². The molecule has 10 N–H and O–H groups in total. The molecule has 2 rings (SSSR count). The lowest BCUT2D eigenvalue weighted by Gasteiger charge is -1.97. The molecular formula is C35H60O10. The van der Waals surface area contributed by atoms with Crippen LogP contribution in [0.3, 0.4) is 0 Å². The number of aliphatic hydroxyl groups is 10. The maximum atomic E-state index is 8.43. The van der Waals surface area contributed by atoms with Crippen LogP contribution in [-0.2, 0) is 0 Å². The van der Waals surface area contributed by atoms with E-state index in [1.165, 1.54) is 30.5 Å². The van der Waals surface area contributed by atoms with Gasteiger partial charge in [-0.25, -0.2) is 0 Å². The molecule has 0 aliphatic rings. The first-order valence-corrected chi connectivity index (χ1v) is 15.2. The van der Waals surface area contributed by atoms with Crippen LogP contribution >= 0.6 is 0 Å². The van der Waals surface area contributed by atoms with Crippen molar-refractivity contribution in [3.63, 3.8) is 0 Å². The molecule has 0 aromatic heterocycles. The number of unbranched alkanes of at least 4 members (excludes halogenated alkanes) is 5. The van der Waals surface area contributed by atoms with E-state index in [9.17, 15) is 0 Å². The summed E-state index contributed by atoms with van der Waals surface area (Å²) < 4.78 is 0. The van der Waals surface area contributed by atoms with Crippen LogP contribution in [0.4, 0.5) is 0 Å². The molecule has 1 atom stereocenters. The summed E-state index contributed by atoms with van der Waals surface area (Å²) in [7, 11) is 0. The van der Waals surface area contributed by atoms with Gasteiger partial charge in [0.15, 0.2) is 0 Å². The van der Waals surface area contributed by atoms with Crippen molar-refractivity contribution in [1.82, 2.24) is 0 Å². The number of fused-ring (bicyclic) bond motifs is 1. The van der Waals surface area contributed by atoms with Gasteiger partial charge in [0.2, 0.25) is 0 Å². The third-order valence-electron chi connectivity index (χ3n) is 4.68. The van der Waals surface area contributed by atoms with Crippen LogP contribution in [0.15, 0.2) is 97.1 Å². The molecule has 10 nitrogen and oxygen atoms in total. The average Bonchev–Trinajstić information content (AvgIpc) is 3.08. The zero-order valence-electron chi connectivity index (χ0n) is 26.9. The second-order valence-electron chi connectivity index (χ2n) is 8.83. The molecule has 0 saturated carbocycles. The van der Waals surface area contributed by atoms with E-state index in [0.717, 1.165) is 25.7 Å².